The first-order valence-corrected chi connectivity index (χ1v) is 9.65. The number of aromatic nitrogens is 1. The summed E-state index contributed by atoms with van der Waals surface area (Å²) in [4.78, 5) is 21.3. The summed E-state index contributed by atoms with van der Waals surface area (Å²) in [6.45, 7) is 4.44. The second-order valence-corrected chi connectivity index (χ2v) is 7.32. The van der Waals surface area contributed by atoms with Gasteiger partial charge < -0.3 is 5.32 Å². The van der Waals surface area contributed by atoms with Gasteiger partial charge in [-0.25, -0.2) is 4.99 Å². The van der Waals surface area contributed by atoms with Crippen molar-refractivity contribution in [2.45, 2.75) is 20.4 Å². The number of aryl methyl sites for hydroxylation is 2. The number of hydrogen-bond donors (Lipinski definition) is 2. The van der Waals surface area contributed by atoms with E-state index in [0.29, 0.717) is 18.1 Å². The highest BCUT2D eigenvalue weighted by atomic mass is 79.9. The lowest BCUT2D eigenvalue weighted by Crippen LogP contribution is -2.36. The van der Waals surface area contributed by atoms with Crippen LogP contribution in [0.1, 0.15) is 27.0 Å². The third-order valence-electron chi connectivity index (χ3n) is 4.28. The van der Waals surface area contributed by atoms with Gasteiger partial charge in [0, 0.05) is 28.1 Å². The number of amides is 1. The Hall–Kier alpha value is -2.99. The summed E-state index contributed by atoms with van der Waals surface area (Å²) >= 11 is 3.42. The number of nitrogens with zero attached hydrogens (tertiary/aromatic N) is 2. The number of carbonyl (C=O) groups excluding carboxylic acids is 1. The maximum atomic E-state index is 12.7. The van der Waals surface area contributed by atoms with Crippen molar-refractivity contribution in [2.75, 3.05) is 5.32 Å². The first-order chi connectivity index (χ1) is 13.5. The van der Waals surface area contributed by atoms with Gasteiger partial charge in [0.05, 0.1) is 6.54 Å². The zero-order valence-corrected chi connectivity index (χ0v) is 17.3. The molecule has 142 valence electrons. The first-order valence-electron chi connectivity index (χ1n) is 8.86. The van der Waals surface area contributed by atoms with Gasteiger partial charge in [0.25, 0.3) is 5.91 Å². The van der Waals surface area contributed by atoms with E-state index in [-0.39, 0.29) is 5.91 Å². The van der Waals surface area contributed by atoms with Crippen LogP contribution in [0.5, 0.6) is 0 Å². The number of nitrogens with one attached hydrogen (secondary N) is 2. The van der Waals surface area contributed by atoms with Gasteiger partial charge in [-0.05, 0) is 79.1 Å². The van der Waals surface area contributed by atoms with Gasteiger partial charge in [0.15, 0.2) is 0 Å². The molecule has 0 atom stereocenters. The Balaban J connectivity index is 1.80. The third kappa shape index (κ3) is 5.50. The summed E-state index contributed by atoms with van der Waals surface area (Å²) in [5.74, 6) is 0.184. The van der Waals surface area contributed by atoms with Crippen LogP contribution >= 0.6 is 15.9 Å². The molecule has 0 saturated heterocycles. The Morgan fingerprint density at radius 2 is 1.71 bits per heavy atom. The lowest BCUT2D eigenvalue weighted by molar-refractivity contribution is 0.0977. The molecular weight excluding hydrogens is 416 g/mol. The van der Waals surface area contributed by atoms with E-state index in [1.165, 1.54) is 0 Å². The summed E-state index contributed by atoms with van der Waals surface area (Å²) in [7, 11) is 0. The molecule has 0 aliphatic heterocycles. The summed E-state index contributed by atoms with van der Waals surface area (Å²) in [5.41, 5.74) is 4.65. The van der Waals surface area contributed by atoms with Crippen molar-refractivity contribution < 1.29 is 4.79 Å². The lowest BCUT2D eigenvalue weighted by atomic mass is 10.1. The fourth-order valence-corrected chi connectivity index (χ4v) is 2.77. The topological polar surface area (TPSA) is 66.4 Å². The highest BCUT2D eigenvalue weighted by Crippen LogP contribution is 2.14. The molecule has 0 fully saturated rings. The molecule has 3 rings (SSSR count). The highest BCUT2D eigenvalue weighted by molar-refractivity contribution is 9.10. The second kappa shape index (κ2) is 9.28. The van der Waals surface area contributed by atoms with Gasteiger partial charge in [-0.1, -0.05) is 22.0 Å². The van der Waals surface area contributed by atoms with Crippen molar-refractivity contribution in [1.29, 1.82) is 0 Å². The summed E-state index contributed by atoms with van der Waals surface area (Å²) in [5, 5.41) is 6.07. The van der Waals surface area contributed by atoms with Crippen molar-refractivity contribution in [2.24, 2.45) is 4.99 Å². The monoisotopic (exact) mass is 436 g/mol. The molecule has 28 heavy (non-hydrogen) atoms. The van der Waals surface area contributed by atoms with Crippen LogP contribution in [0, 0.1) is 13.8 Å². The smallest absolute Gasteiger partial charge is 0.257 e. The number of guanidine groups is 1. The number of hydrogen-bond acceptors (Lipinski definition) is 3. The molecule has 5 nitrogen and oxygen atoms in total. The summed E-state index contributed by atoms with van der Waals surface area (Å²) in [6.07, 6.45) is 3.45. The van der Waals surface area contributed by atoms with E-state index in [1.807, 2.05) is 68.4 Å². The van der Waals surface area contributed by atoms with Crippen LogP contribution in [-0.2, 0) is 6.54 Å². The summed E-state index contributed by atoms with van der Waals surface area (Å²) < 4.78 is 0.979. The van der Waals surface area contributed by atoms with E-state index in [0.717, 1.165) is 26.9 Å². The van der Waals surface area contributed by atoms with Gasteiger partial charge in [-0.2, -0.15) is 0 Å². The minimum absolute atomic E-state index is 0.207. The number of aliphatic imine (C=N–C) groups is 1. The van der Waals surface area contributed by atoms with Crippen LogP contribution in [0.2, 0.25) is 0 Å². The third-order valence-corrected chi connectivity index (χ3v) is 4.81. The van der Waals surface area contributed by atoms with E-state index >= 15 is 0 Å². The Kier molecular flexibility index (Phi) is 6.55. The Bertz CT molecular complexity index is 985. The predicted octanol–water partition coefficient (Wildman–Crippen LogP) is 4.86. The molecule has 0 bridgehead atoms. The molecule has 0 spiro atoms. The number of benzene rings is 2. The molecule has 3 aromatic rings. The van der Waals surface area contributed by atoms with Crippen molar-refractivity contribution in [3.63, 3.8) is 0 Å². The van der Waals surface area contributed by atoms with Crippen LogP contribution in [0.15, 0.2) is 76.5 Å². The maximum absolute atomic E-state index is 12.7. The summed E-state index contributed by atoms with van der Waals surface area (Å²) in [6, 6.07) is 17.1. The fourth-order valence-electron chi connectivity index (χ4n) is 2.50. The van der Waals surface area contributed by atoms with E-state index in [1.54, 1.807) is 12.4 Å². The van der Waals surface area contributed by atoms with Crippen molar-refractivity contribution in [3.05, 3.63) is 93.7 Å². The average Bonchev–Trinajstić information content (AvgIpc) is 2.70. The molecule has 0 saturated carbocycles. The van der Waals surface area contributed by atoms with Crippen LogP contribution in [0.3, 0.4) is 0 Å². The quantitative estimate of drug-likeness (QED) is 0.453. The highest BCUT2D eigenvalue weighted by Gasteiger charge is 2.10. The van der Waals surface area contributed by atoms with Gasteiger partial charge in [0.1, 0.15) is 0 Å². The molecule has 6 heteroatoms. The predicted molar refractivity (Wildman–Crippen MR) is 117 cm³/mol. The molecule has 1 heterocycles. The number of rotatable bonds is 4. The normalized spacial score (nSPS) is 11.2. The largest absolute Gasteiger partial charge is 0.326 e. The van der Waals surface area contributed by atoms with Crippen LogP contribution in [0.25, 0.3) is 0 Å². The first kappa shape index (κ1) is 19.8. The van der Waals surface area contributed by atoms with Gasteiger partial charge in [-0.15, -0.1) is 0 Å². The molecule has 0 aliphatic rings. The van der Waals surface area contributed by atoms with E-state index < -0.39 is 0 Å². The zero-order chi connectivity index (χ0) is 19.9. The molecule has 2 N–H and O–H groups in total. The number of pyridine rings is 1. The van der Waals surface area contributed by atoms with Crippen LogP contribution in [0.4, 0.5) is 5.69 Å². The second-order valence-electron chi connectivity index (χ2n) is 6.41. The van der Waals surface area contributed by atoms with Crippen LogP contribution in [-0.4, -0.2) is 16.9 Å². The van der Waals surface area contributed by atoms with Crippen molar-refractivity contribution >= 4 is 33.5 Å². The van der Waals surface area contributed by atoms with Crippen molar-refractivity contribution in [3.8, 4) is 0 Å². The molecule has 1 amide bonds. The van der Waals surface area contributed by atoms with E-state index in [9.17, 15) is 4.79 Å². The molecule has 0 aliphatic carbocycles. The molecule has 0 radical (unpaired) electrons. The van der Waals surface area contributed by atoms with Gasteiger partial charge in [0.2, 0.25) is 5.96 Å². The molecule has 2 aromatic carbocycles. The minimum Gasteiger partial charge on any atom is -0.326 e. The molecule has 0 unspecified atom stereocenters. The average molecular weight is 437 g/mol. The standard InChI is InChI=1S/C22H21BrN4O/c1-15-3-4-18(13-16(15)2)21(28)27-22(25-14-17-9-11-24-12-10-17)26-20-7-5-19(23)6-8-20/h3-13H,14H2,1-2H3,(H2,25,26,27,28). The molecule has 1 aromatic heterocycles. The fraction of sp³-hybridized carbons (Fsp3) is 0.136. The Morgan fingerprint density at radius 3 is 2.39 bits per heavy atom. The Labute approximate surface area is 173 Å². The lowest BCUT2D eigenvalue weighted by Gasteiger charge is -2.13. The van der Waals surface area contributed by atoms with Crippen LogP contribution < -0.4 is 10.6 Å². The number of anilines is 1. The Morgan fingerprint density at radius 1 is 1.00 bits per heavy atom. The van der Waals surface area contributed by atoms with E-state index in [2.05, 4.69) is 36.5 Å². The maximum Gasteiger partial charge on any atom is 0.257 e. The SMILES string of the molecule is Cc1ccc(C(=O)NC(=NCc2ccncc2)Nc2ccc(Br)cc2)cc1C. The minimum atomic E-state index is -0.207. The van der Waals surface area contributed by atoms with Gasteiger partial charge >= 0.3 is 0 Å². The van der Waals surface area contributed by atoms with Gasteiger partial charge in [-0.3, -0.25) is 15.1 Å². The molecular formula is C22H21BrN4O. The number of carbonyl (C=O) groups is 1. The van der Waals surface area contributed by atoms with E-state index in [4.69, 9.17) is 0 Å². The zero-order valence-electron chi connectivity index (χ0n) is 15.7. The number of halogens is 1. The van der Waals surface area contributed by atoms with Crippen molar-refractivity contribution in [1.82, 2.24) is 10.3 Å².